The molecule has 0 aliphatic carbocycles. The van der Waals surface area contributed by atoms with Gasteiger partial charge < -0.3 is 14.2 Å². The van der Waals surface area contributed by atoms with Gasteiger partial charge in [-0.3, -0.25) is 9.36 Å². The van der Waals surface area contributed by atoms with Gasteiger partial charge in [-0.15, -0.1) is 0 Å². The van der Waals surface area contributed by atoms with Gasteiger partial charge >= 0.3 is 5.97 Å². The van der Waals surface area contributed by atoms with E-state index < -0.39 is 12.0 Å². The number of allylic oxidation sites excluding steroid dienone is 1. The van der Waals surface area contributed by atoms with Crippen molar-refractivity contribution in [2.24, 2.45) is 4.99 Å². The Balaban J connectivity index is 1.56. The van der Waals surface area contributed by atoms with E-state index in [1.54, 1.807) is 58.2 Å². The number of hydrogen-bond acceptors (Lipinski definition) is 7. The number of benzene rings is 3. The molecule has 222 valence electrons. The summed E-state index contributed by atoms with van der Waals surface area (Å²) in [7, 11) is 1.55. The van der Waals surface area contributed by atoms with Crippen LogP contribution in [0.2, 0.25) is 0 Å². The van der Waals surface area contributed by atoms with Crippen LogP contribution in [0.15, 0.2) is 90.7 Å². The molecular formula is C32H27Br2FN2O5S. The van der Waals surface area contributed by atoms with Crippen molar-refractivity contribution in [1.82, 2.24) is 4.57 Å². The van der Waals surface area contributed by atoms with Gasteiger partial charge in [0.25, 0.3) is 5.56 Å². The molecule has 2 heterocycles. The number of hydrogen-bond donors (Lipinski definition) is 0. The molecular weight excluding hydrogens is 703 g/mol. The van der Waals surface area contributed by atoms with E-state index in [1.165, 1.54) is 28.0 Å². The van der Waals surface area contributed by atoms with Gasteiger partial charge in [-0.2, -0.15) is 0 Å². The van der Waals surface area contributed by atoms with Gasteiger partial charge in [0, 0.05) is 10.0 Å². The zero-order chi connectivity index (χ0) is 30.8. The maximum atomic E-state index is 14.0. The van der Waals surface area contributed by atoms with Gasteiger partial charge in [0.1, 0.15) is 30.0 Å². The van der Waals surface area contributed by atoms with E-state index in [0.717, 1.165) is 15.6 Å². The minimum absolute atomic E-state index is 0.273. The molecule has 3 aromatic carbocycles. The lowest BCUT2D eigenvalue weighted by atomic mass is 9.95. The van der Waals surface area contributed by atoms with Crippen LogP contribution in [0, 0.1) is 5.82 Å². The Morgan fingerprint density at radius 1 is 1.09 bits per heavy atom. The summed E-state index contributed by atoms with van der Waals surface area (Å²) in [5, 5.41) is 0. The molecule has 0 fully saturated rings. The monoisotopic (exact) mass is 728 g/mol. The van der Waals surface area contributed by atoms with Gasteiger partial charge in [-0.1, -0.05) is 45.5 Å². The van der Waals surface area contributed by atoms with Crippen LogP contribution in [-0.2, 0) is 16.1 Å². The van der Waals surface area contributed by atoms with Crippen molar-refractivity contribution in [2.45, 2.75) is 39.5 Å². The molecule has 1 aliphatic rings. The average molecular weight is 730 g/mol. The first-order valence-electron chi connectivity index (χ1n) is 13.3. The highest BCUT2D eigenvalue weighted by Crippen LogP contribution is 2.37. The summed E-state index contributed by atoms with van der Waals surface area (Å²) < 4.78 is 33.8. The molecule has 0 saturated carbocycles. The number of fused-ring (bicyclic) bond motifs is 1. The summed E-state index contributed by atoms with van der Waals surface area (Å²) >= 11 is 8.31. The molecule has 1 aromatic heterocycles. The van der Waals surface area contributed by atoms with E-state index in [4.69, 9.17) is 14.2 Å². The summed E-state index contributed by atoms with van der Waals surface area (Å²) in [4.78, 5) is 32.5. The van der Waals surface area contributed by atoms with Crippen LogP contribution in [0.3, 0.4) is 0 Å². The number of carbonyl (C=O) groups is 1. The van der Waals surface area contributed by atoms with Crippen LogP contribution >= 0.6 is 43.2 Å². The summed E-state index contributed by atoms with van der Waals surface area (Å²) in [6, 6.07) is 16.3. The van der Waals surface area contributed by atoms with Crippen molar-refractivity contribution in [2.75, 3.05) is 7.11 Å². The molecule has 1 aliphatic heterocycles. The van der Waals surface area contributed by atoms with Crippen LogP contribution in [0.4, 0.5) is 4.39 Å². The molecule has 1 atom stereocenters. The number of aromatic nitrogens is 1. The van der Waals surface area contributed by atoms with Gasteiger partial charge in [-0.25, -0.2) is 14.2 Å². The average Bonchev–Trinajstić information content (AvgIpc) is 3.26. The molecule has 0 amide bonds. The van der Waals surface area contributed by atoms with Crippen molar-refractivity contribution in [3.8, 4) is 11.5 Å². The Morgan fingerprint density at radius 3 is 2.49 bits per heavy atom. The Hall–Kier alpha value is -3.54. The Morgan fingerprint density at radius 2 is 1.81 bits per heavy atom. The number of rotatable bonds is 8. The van der Waals surface area contributed by atoms with Gasteiger partial charge in [-0.05, 0) is 96.4 Å². The number of halogens is 3. The molecule has 0 bridgehead atoms. The number of ether oxygens (including phenoxy) is 3. The minimum atomic E-state index is -0.814. The highest BCUT2D eigenvalue weighted by atomic mass is 79.9. The lowest BCUT2D eigenvalue weighted by molar-refractivity contribution is -0.143. The van der Waals surface area contributed by atoms with Crippen LogP contribution in [0.5, 0.6) is 11.5 Å². The second-order valence-corrected chi connectivity index (χ2v) is 12.8. The highest BCUT2D eigenvalue weighted by Gasteiger charge is 2.35. The van der Waals surface area contributed by atoms with E-state index in [9.17, 15) is 14.0 Å². The predicted octanol–water partition coefficient (Wildman–Crippen LogP) is 6.44. The van der Waals surface area contributed by atoms with Gasteiger partial charge in [0.05, 0.1) is 33.5 Å². The molecule has 0 radical (unpaired) electrons. The summed E-state index contributed by atoms with van der Waals surface area (Å²) in [5.41, 5.74) is 2.66. The van der Waals surface area contributed by atoms with Crippen molar-refractivity contribution in [1.29, 1.82) is 0 Å². The first-order valence-corrected chi connectivity index (χ1v) is 15.7. The third-order valence-electron chi connectivity index (χ3n) is 6.63. The predicted molar refractivity (Wildman–Crippen MR) is 171 cm³/mol. The van der Waals surface area contributed by atoms with Crippen molar-refractivity contribution in [3.05, 3.63) is 123 Å². The lowest BCUT2D eigenvalue weighted by Gasteiger charge is -2.26. The molecule has 0 N–H and O–H groups in total. The fourth-order valence-electron chi connectivity index (χ4n) is 4.69. The molecule has 7 nitrogen and oxygen atoms in total. The standard InChI is InChI=1S/C32H27Br2FN2O5S/c1-17(2)42-31(39)28-18(3)36-32-37(29(28)23-15-21(33)8-12-25(23)40-4)30(38)27(43-32)14-20-7-11-26(24(34)13-20)41-16-19-5-9-22(35)10-6-19/h5-15,17,29H,16H2,1-4H3/b27-14-/t29-/m1/s1. The van der Waals surface area contributed by atoms with Crippen LogP contribution < -0.4 is 24.4 Å². The second kappa shape index (κ2) is 13.0. The summed E-state index contributed by atoms with van der Waals surface area (Å²) in [6.45, 7) is 5.56. The highest BCUT2D eigenvalue weighted by molar-refractivity contribution is 9.10. The molecule has 4 aromatic rings. The number of thiazole rings is 1. The Bertz CT molecular complexity index is 1920. The van der Waals surface area contributed by atoms with E-state index in [1.807, 2.05) is 24.3 Å². The number of esters is 1. The SMILES string of the molecule is COc1ccc(Br)cc1[C@@H]1C(C(=O)OC(C)C)=C(C)N=c2s/c(=C\c3ccc(OCc4ccc(F)cc4)c(Br)c3)c(=O)n21. The van der Waals surface area contributed by atoms with E-state index in [2.05, 4.69) is 36.9 Å². The minimum Gasteiger partial charge on any atom is -0.496 e. The molecule has 0 spiro atoms. The molecule has 0 saturated heterocycles. The lowest BCUT2D eigenvalue weighted by Crippen LogP contribution is -2.40. The number of methoxy groups -OCH3 is 1. The van der Waals surface area contributed by atoms with Gasteiger partial charge in [0.2, 0.25) is 0 Å². The first-order chi connectivity index (χ1) is 20.5. The van der Waals surface area contributed by atoms with E-state index in [0.29, 0.717) is 36.6 Å². The summed E-state index contributed by atoms with van der Waals surface area (Å²) in [6.07, 6.45) is 1.42. The van der Waals surface area contributed by atoms with Crippen molar-refractivity contribution >= 4 is 55.2 Å². The molecule has 0 unspecified atom stereocenters. The Kier molecular flexibility index (Phi) is 9.33. The van der Waals surface area contributed by atoms with Crippen LogP contribution in [-0.4, -0.2) is 23.8 Å². The number of carbonyl (C=O) groups excluding carboxylic acids is 1. The van der Waals surface area contributed by atoms with Crippen LogP contribution in [0.25, 0.3) is 6.08 Å². The maximum absolute atomic E-state index is 14.0. The first kappa shape index (κ1) is 30.9. The number of nitrogens with zero attached hydrogens (tertiary/aromatic N) is 2. The molecule has 43 heavy (non-hydrogen) atoms. The fourth-order valence-corrected chi connectivity index (χ4v) is 6.63. The normalized spacial score (nSPS) is 14.9. The zero-order valence-corrected chi connectivity index (χ0v) is 27.7. The smallest absolute Gasteiger partial charge is 0.338 e. The maximum Gasteiger partial charge on any atom is 0.338 e. The second-order valence-electron chi connectivity index (χ2n) is 10.0. The Labute approximate surface area is 268 Å². The van der Waals surface area contributed by atoms with Gasteiger partial charge in [0.15, 0.2) is 4.80 Å². The fraction of sp³-hybridized carbons (Fsp3) is 0.219. The molecule has 11 heteroatoms. The third-order valence-corrected chi connectivity index (χ3v) is 8.73. The summed E-state index contributed by atoms with van der Waals surface area (Å²) in [5.74, 6) is 0.280. The molecule has 5 rings (SSSR count). The van der Waals surface area contributed by atoms with E-state index in [-0.39, 0.29) is 29.7 Å². The zero-order valence-electron chi connectivity index (χ0n) is 23.7. The quantitative estimate of drug-likeness (QED) is 0.195. The van der Waals surface area contributed by atoms with Crippen LogP contribution in [0.1, 0.15) is 43.5 Å². The topological polar surface area (TPSA) is 79.1 Å². The van der Waals surface area contributed by atoms with Crippen molar-refractivity contribution < 1.29 is 23.4 Å². The third kappa shape index (κ3) is 6.68. The van der Waals surface area contributed by atoms with E-state index >= 15 is 0 Å². The largest absolute Gasteiger partial charge is 0.496 e. The van der Waals surface area contributed by atoms with Crippen molar-refractivity contribution in [3.63, 3.8) is 0 Å².